The zero-order chi connectivity index (χ0) is 15.6. The Hall–Kier alpha value is -1.63. The molecule has 2 atom stereocenters. The van der Waals surface area contributed by atoms with Crippen molar-refractivity contribution in [3.63, 3.8) is 0 Å². The summed E-state index contributed by atoms with van der Waals surface area (Å²) in [6.45, 7) is 0. The fourth-order valence-corrected chi connectivity index (χ4v) is 3.75. The van der Waals surface area contributed by atoms with Crippen molar-refractivity contribution in [1.82, 2.24) is 0 Å². The van der Waals surface area contributed by atoms with Gasteiger partial charge in [-0.1, -0.05) is 6.07 Å². The van der Waals surface area contributed by atoms with Crippen LogP contribution in [0.5, 0.6) is 5.75 Å². The number of ether oxygens (including phenoxy) is 1. The van der Waals surface area contributed by atoms with Crippen LogP contribution in [0, 0.1) is 5.82 Å². The molecule has 1 aliphatic rings. The van der Waals surface area contributed by atoms with E-state index in [0.717, 1.165) is 6.07 Å². The molecule has 0 aliphatic heterocycles. The molecule has 1 aromatic rings. The van der Waals surface area contributed by atoms with Crippen LogP contribution in [0.1, 0.15) is 36.0 Å². The first kappa shape index (κ1) is 15.8. The van der Waals surface area contributed by atoms with E-state index in [-0.39, 0.29) is 5.75 Å². The Bertz CT molecular complexity index is 641. The van der Waals surface area contributed by atoms with Gasteiger partial charge in [-0.05, 0) is 31.4 Å². The maximum atomic E-state index is 13.6. The lowest BCUT2D eigenvalue weighted by Crippen LogP contribution is -2.33. The summed E-state index contributed by atoms with van der Waals surface area (Å²) in [4.78, 5) is 11.1. The van der Waals surface area contributed by atoms with Gasteiger partial charge in [-0.15, -0.1) is 0 Å². The van der Waals surface area contributed by atoms with E-state index >= 15 is 0 Å². The lowest BCUT2D eigenvalue weighted by Gasteiger charge is -2.29. The summed E-state index contributed by atoms with van der Waals surface area (Å²) < 4.78 is 42.3. The van der Waals surface area contributed by atoms with Gasteiger partial charge in [0.25, 0.3) is 0 Å². The van der Waals surface area contributed by atoms with Crippen LogP contribution in [-0.2, 0) is 9.84 Å². The molecule has 0 aromatic heterocycles. The van der Waals surface area contributed by atoms with Crippen LogP contribution < -0.4 is 4.74 Å². The standard InChI is InChI=1S/C14H17FO5S/c1-21(18,19)10-5-2-4-9(8-10)20-12-7-3-6-11(15)13(12)14(16)17/h3,6-7,9-10H,2,4-5,8H2,1H3,(H,16,17). The van der Waals surface area contributed by atoms with Crippen molar-refractivity contribution < 1.29 is 27.4 Å². The molecule has 116 valence electrons. The molecule has 0 heterocycles. The van der Waals surface area contributed by atoms with E-state index in [1.165, 1.54) is 18.4 Å². The average molecular weight is 316 g/mol. The molecule has 0 radical (unpaired) electrons. The van der Waals surface area contributed by atoms with Crippen molar-refractivity contribution in [2.24, 2.45) is 0 Å². The minimum Gasteiger partial charge on any atom is -0.489 e. The molecule has 21 heavy (non-hydrogen) atoms. The predicted octanol–water partition coefficient (Wildman–Crippen LogP) is 2.26. The van der Waals surface area contributed by atoms with E-state index in [1.54, 1.807) is 0 Å². The summed E-state index contributed by atoms with van der Waals surface area (Å²) in [7, 11) is -3.16. The second kappa shape index (κ2) is 6.01. The normalized spacial score (nSPS) is 22.8. The van der Waals surface area contributed by atoms with Crippen molar-refractivity contribution in [3.05, 3.63) is 29.6 Å². The Morgan fingerprint density at radius 1 is 1.38 bits per heavy atom. The van der Waals surface area contributed by atoms with Crippen LogP contribution in [0.2, 0.25) is 0 Å². The summed E-state index contributed by atoms with van der Waals surface area (Å²) >= 11 is 0. The number of carboxylic acids is 1. The highest BCUT2D eigenvalue weighted by Gasteiger charge is 2.31. The Kier molecular flexibility index (Phi) is 4.51. The molecule has 2 rings (SSSR count). The van der Waals surface area contributed by atoms with E-state index in [2.05, 4.69) is 0 Å². The third kappa shape index (κ3) is 3.72. The molecular weight excluding hydrogens is 299 g/mol. The van der Waals surface area contributed by atoms with Crippen molar-refractivity contribution in [3.8, 4) is 5.75 Å². The zero-order valence-electron chi connectivity index (χ0n) is 11.6. The quantitative estimate of drug-likeness (QED) is 0.921. The highest BCUT2D eigenvalue weighted by molar-refractivity contribution is 7.91. The molecule has 2 unspecified atom stereocenters. The number of hydrogen-bond acceptors (Lipinski definition) is 4. The largest absolute Gasteiger partial charge is 0.489 e. The number of hydrogen-bond donors (Lipinski definition) is 1. The number of halogens is 1. The predicted molar refractivity (Wildman–Crippen MR) is 74.9 cm³/mol. The molecule has 0 amide bonds. The summed E-state index contributed by atoms with van der Waals surface area (Å²) in [5.74, 6) is -2.32. The molecule has 7 heteroatoms. The molecule has 0 spiro atoms. The highest BCUT2D eigenvalue weighted by atomic mass is 32.2. The van der Waals surface area contributed by atoms with Crippen molar-refractivity contribution >= 4 is 15.8 Å². The zero-order valence-corrected chi connectivity index (χ0v) is 12.4. The maximum Gasteiger partial charge on any atom is 0.342 e. The first-order valence-corrected chi connectivity index (χ1v) is 8.62. The fraction of sp³-hybridized carbons (Fsp3) is 0.500. The van der Waals surface area contributed by atoms with Gasteiger partial charge in [0.05, 0.1) is 11.4 Å². The lowest BCUT2D eigenvalue weighted by atomic mass is 9.97. The van der Waals surface area contributed by atoms with Gasteiger partial charge in [0.15, 0.2) is 0 Å². The number of sulfone groups is 1. The third-order valence-corrected chi connectivity index (χ3v) is 5.31. The molecule has 1 aliphatic carbocycles. The summed E-state index contributed by atoms with van der Waals surface area (Å²) in [6.07, 6.45) is 2.95. The van der Waals surface area contributed by atoms with Crippen LogP contribution in [-0.4, -0.2) is 37.1 Å². The van der Waals surface area contributed by atoms with E-state index < -0.39 is 38.5 Å². The number of carbonyl (C=O) groups is 1. The molecule has 1 N–H and O–H groups in total. The van der Waals surface area contributed by atoms with Gasteiger partial charge in [-0.3, -0.25) is 0 Å². The van der Waals surface area contributed by atoms with Crippen LogP contribution in [0.25, 0.3) is 0 Å². The molecule has 5 nitrogen and oxygen atoms in total. The van der Waals surface area contributed by atoms with E-state index in [1.807, 2.05) is 0 Å². The molecule has 0 bridgehead atoms. The van der Waals surface area contributed by atoms with Crippen molar-refractivity contribution in [2.75, 3.05) is 6.26 Å². The molecule has 1 fully saturated rings. The Balaban J connectivity index is 2.19. The van der Waals surface area contributed by atoms with Gasteiger partial charge < -0.3 is 9.84 Å². The molecular formula is C14H17FO5S. The Morgan fingerprint density at radius 3 is 2.71 bits per heavy atom. The van der Waals surface area contributed by atoms with Crippen molar-refractivity contribution in [1.29, 1.82) is 0 Å². The lowest BCUT2D eigenvalue weighted by molar-refractivity contribution is 0.0680. The van der Waals surface area contributed by atoms with E-state index in [0.29, 0.717) is 25.7 Å². The molecule has 1 aromatic carbocycles. The highest BCUT2D eigenvalue weighted by Crippen LogP contribution is 2.29. The maximum absolute atomic E-state index is 13.6. The van der Waals surface area contributed by atoms with Crippen LogP contribution in [0.4, 0.5) is 4.39 Å². The fourth-order valence-electron chi connectivity index (χ4n) is 2.59. The van der Waals surface area contributed by atoms with Gasteiger partial charge in [0.1, 0.15) is 27.0 Å². The van der Waals surface area contributed by atoms with Crippen LogP contribution in [0.3, 0.4) is 0 Å². The second-order valence-corrected chi connectivity index (χ2v) is 7.60. The number of carboxylic acid groups (broad SMARTS) is 1. The smallest absolute Gasteiger partial charge is 0.342 e. The Morgan fingerprint density at radius 2 is 2.10 bits per heavy atom. The number of aromatic carboxylic acids is 1. The number of benzene rings is 1. The SMILES string of the molecule is CS(=O)(=O)C1CCCC(Oc2cccc(F)c2C(=O)O)C1. The third-order valence-electron chi connectivity index (χ3n) is 3.67. The molecule has 1 saturated carbocycles. The van der Waals surface area contributed by atoms with Crippen molar-refractivity contribution in [2.45, 2.75) is 37.0 Å². The monoisotopic (exact) mass is 316 g/mol. The topological polar surface area (TPSA) is 80.7 Å². The first-order chi connectivity index (χ1) is 9.79. The van der Waals surface area contributed by atoms with Crippen LogP contribution >= 0.6 is 0 Å². The molecule has 0 saturated heterocycles. The summed E-state index contributed by atoms with van der Waals surface area (Å²) in [5.41, 5.74) is -0.515. The second-order valence-electron chi connectivity index (χ2n) is 5.28. The van der Waals surface area contributed by atoms with Gasteiger partial charge >= 0.3 is 5.97 Å². The summed E-state index contributed by atoms with van der Waals surface area (Å²) in [6, 6.07) is 3.81. The van der Waals surface area contributed by atoms with E-state index in [4.69, 9.17) is 9.84 Å². The first-order valence-electron chi connectivity index (χ1n) is 6.66. The number of rotatable bonds is 4. The average Bonchev–Trinajstić information content (AvgIpc) is 2.37. The minimum atomic E-state index is -3.16. The van der Waals surface area contributed by atoms with Gasteiger partial charge in [0, 0.05) is 12.7 Å². The van der Waals surface area contributed by atoms with Gasteiger partial charge in [-0.25, -0.2) is 17.6 Å². The Labute approximate surface area is 122 Å². The van der Waals surface area contributed by atoms with Crippen LogP contribution in [0.15, 0.2) is 18.2 Å². The summed E-state index contributed by atoms with van der Waals surface area (Å²) in [5, 5.41) is 8.55. The van der Waals surface area contributed by atoms with Gasteiger partial charge in [0.2, 0.25) is 0 Å². The van der Waals surface area contributed by atoms with E-state index in [9.17, 15) is 17.6 Å². The minimum absolute atomic E-state index is 0.0540. The van der Waals surface area contributed by atoms with Gasteiger partial charge in [-0.2, -0.15) is 0 Å².